The van der Waals surface area contributed by atoms with E-state index in [-0.39, 0.29) is 5.56 Å². The first kappa shape index (κ1) is 19.3. The fraction of sp³-hybridized carbons (Fsp3) is 0.136. The van der Waals surface area contributed by atoms with Crippen molar-refractivity contribution < 1.29 is 17.9 Å². The first-order chi connectivity index (χ1) is 15.0. The number of hydrogen-bond donors (Lipinski definition) is 1. The highest BCUT2D eigenvalue weighted by Crippen LogP contribution is 2.38. The molecule has 3 aromatic carbocycles. The maximum atomic E-state index is 14.2. The fourth-order valence-electron chi connectivity index (χ4n) is 3.78. The maximum Gasteiger partial charge on any atom is 0.161 e. The summed E-state index contributed by atoms with van der Waals surface area (Å²) in [7, 11) is 0. The van der Waals surface area contributed by atoms with Crippen molar-refractivity contribution in [2.75, 3.05) is 0 Å². The number of fused-ring (bicyclic) bond motifs is 1. The molecular formula is C22H16F3N5O. The molecule has 1 aromatic heterocycles. The quantitative estimate of drug-likeness (QED) is 0.508. The molecule has 31 heavy (non-hydrogen) atoms. The van der Waals surface area contributed by atoms with Crippen molar-refractivity contribution in [1.29, 1.82) is 0 Å². The molecule has 9 heteroatoms. The van der Waals surface area contributed by atoms with Gasteiger partial charge < -0.3 is 10.5 Å². The summed E-state index contributed by atoms with van der Waals surface area (Å²) in [5.41, 5.74) is 9.65. The van der Waals surface area contributed by atoms with Crippen LogP contribution in [0.25, 0.3) is 16.8 Å². The Balaban J connectivity index is 1.46. The van der Waals surface area contributed by atoms with Gasteiger partial charge in [0.15, 0.2) is 11.6 Å². The van der Waals surface area contributed by atoms with Crippen molar-refractivity contribution in [3.05, 3.63) is 89.5 Å². The molecule has 0 saturated carbocycles. The molecule has 5 rings (SSSR count). The van der Waals surface area contributed by atoms with Gasteiger partial charge in [0.1, 0.15) is 24.0 Å². The SMILES string of the molecule is NC1Cc2cc(-c3cccc(-n4cnnn4)c3)ccc2OC1c1cc(F)c(F)cc1F. The third kappa shape index (κ3) is 3.53. The van der Waals surface area contributed by atoms with Crippen LogP contribution in [0.2, 0.25) is 0 Å². The molecule has 1 aliphatic rings. The zero-order valence-corrected chi connectivity index (χ0v) is 16.0. The van der Waals surface area contributed by atoms with Crippen LogP contribution < -0.4 is 10.5 Å². The normalized spacial score (nSPS) is 17.8. The third-order valence-electron chi connectivity index (χ3n) is 5.30. The van der Waals surface area contributed by atoms with E-state index in [1.807, 2.05) is 36.4 Å². The Morgan fingerprint density at radius 2 is 1.74 bits per heavy atom. The smallest absolute Gasteiger partial charge is 0.161 e. The largest absolute Gasteiger partial charge is 0.484 e. The second-order valence-electron chi connectivity index (χ2n) is 7.32. The molecule has 4 aromatic rings. The van der Waals surface area contributed by atoms with Gasteiger partial charge >= 0.3 is 0 Å². The minimum Gasteiger partial charge on any atom is -0.484 e. The maximum absolute atomic E-state index is 14.2. The number of aromatic nitrogens is 4. The van der Waals surface area contributed by atoms with E-state index in [1.165, 1.54) is 6.33 Å². The van der Waals surface area contributed by atoms with E-state index in [9.17, 15) is 13.2 Å². The van der Waals surface area contributed by atoms with Gasteiger partial charge in [0.05, 0.1) is 11.7 Å². The predicted molar refractivity (Wildman–Crippen MR) is 106 cm³/mol. The summed E-state index contributed by atoms with van der Waals surface area (Å²) in [4.78, 5) is 0. The Bertz CT molecular complexity index is 1260. The number of hydrogen-bond acceptors (Lipinski definition) is 5. The van der Waals surface area contributed by atoms with Crippen LogP contribution >= 0.6 is 0 Å². The van der Waals surface area contributed by atoms with Crippen LogP contribution in [0.15, 0.2) is 60.9 Å². The average molecular weight is 423 g/mol. The Morgan fingerprint density at radius 3 is 2.55 bits per heavy atom. The first-order valence-corrected chi connectivity index (χ1v) is 9.53. The van der Waals surface area contributed by atoms with Crippen LogP contribution in [0, 0.1) is 17.5 Å². The molecule has 0 spiro atoms. The molecule has 0 bridgehead atoms. The molecule has 2 heterocycles. The average Bonchev–Trinajstić information content (AvgIpc) is 3.31. The molecule has 156 valence electrons. The van der Waals surface area contributed by atoms with E-state index in [0.29, 0.717) is 18.2 Å². The van der Waals surface area contributed by atoms with E-state index < -0.39 is 29.6 Å². The Labute approximate surface area is 175 Å². The summed E-state index contributed by atoms with van der Waals surface area (Å²) in [5.74, 6) is -2.76. The first-order valence-electron chi connectivity index (χ1n) is 9.53. The Morgan fingerprint density at radius 1 is 0.935 bits per heavy atom. The minimum absolute atomic E-state index is 0.102. The highest BCUT2D eigenvalue weighted by Gasteiger charge is 2.32. The lowest BCUT2D eigenvalue weighted by atomic mass is 9.91. The van der Waals surface area contributed by atoms with Gasteiger partial charge in [-0.2, -0.15) is 0 Å². The van der Waals surface area contributed by atoms with Crippen molar-refractivity contribution in [1.82, 2.24) is 20.2 Å². The van der Waals surface area contributed by atoms with Crippen LogP contribution in [0.3, 0.4) is 0 Å². The third-order valence-corrected chi connectivity index (χ3v) is 5.30. The monoisotopic (exact) mass is 423 g/mol. The van der Waals surface area contributed by atoms with Crippen molar-refractivity contribution in [2.45, 2.75) is 18.6 Å². The lowest BCUT2D eigenvalue weighted by Crippen LogP contribution is -2.38. The molecule has 2 atom stereocenters. The second-order valence-corrected chi connectivity index (χ2v) is 7.32. The number of nitrogens with two attached hydrogens (primary N) is 1. The summed E-state index contributed by atoms with van der Waals surface area (Å²) in [6, 6.07) is 14.0. The van der Waals surface area contributed by atoms with Crippen molar-refractivity contribution in [2.24, 2.45) is 5.73 Å². The zero-order valence-electron chi connectivity index (χ0n) is 16.0. The summed E-state index contributed by atoms with van der Waals surface area (Å²) >= 11 is 0. The number of nitrogens with zero attached hydrogens (tertiary/aromatic N) is 4. The molecule has 0 radical (unpaired) electrons. The van der Waals surface area contributed by atoms with Gasteiger partial charge in [-0.1, -0.05) is 18.2 Å². The lowest BCUT2D eigenvalue weighted by Gasteiger charge is -2.32. The highest BCUT2D eigenvalue weighted by molar-refractivity contribution is 5.68. The van der Waals surface area contributed by atoms with E-state index in [1.54, 1.807) is 10.7 Å². The molecule has 0 fully saturated rings. The molecule has 1 aliphatic heterocycles. The molecule has 6 nitrogen and oxygen atoms in total. The van der Waals surface area contributed by atoms with E-state index >= 15 is 0 Å². The van der Waals surface area contributed by atoms with Gasteiger partial charge in [-0.3, -0.25) is 0 Å². The van der Waals surface area contributed by atoms with Gasteiger partial charge in [0.2, 0.25) is 0 Å². The van der Waals surface area contributed by atoms with E-state index in [0.717, 1.165) is 28.4 Å². The number of tetrazole rings is 1. The lowest BCUT2D eigenvalue weighted by molar-refractivity contribution is 0.148. The molecule has 0 saturated heterocycles. The van der Waals surface area contributed by atoms with Gasteiger partial charge in [-0.25, -0.2) is 17.9 Å². The van der Waals surface area contributed by atoms with Crippen molar-refractivity contribution in [3.63, 3.8) is 0 Å². The summed E-state index contributed by atoms with van der Waals surface area (Å²) < 4.78 is 48.6. The molecule has 2 unspecified atom stereocenters. The van der Waals surface area contributed by atoms with Crippen LogP contribution in [-0.4, -0.2) is 26.2 Å². The van der Waals surface area contributed by atoms with Crippen LogP contribution in [0.5, 0.6) is 5.75 Å². The van der Waals surface area contributed by atoms with Gasteiger partial charge in [0.25, 0.3) is 0 Å². The topological polar surface area (TPSA) is 78.9 Å². The van der Waals surface area contributed by atoms with Gasteiger partial charge in [-0.05, 0) is 63.9 Å². The summed E-state index contributed by atoms with van der Waals surface area (Å²) in [6.45, 7) is 0. The van der Waals surface area contributed by atoms with Crippen LogP contribution in [-0.2, 0) is 6.42 Å². The van der Waals surface area contributed by atoms with Crippen LogP contribution in [0.4, 0.5) is 13.2 Å². The van der Waals surface area contributed by atoms with E-state index in [2.05, 4.69) is 15.5 Å². The summed E-state index contributed by atoms with van der Waals surface area (Å²) in [5, 5.41) is 11.2. The fourth-order valence-corrected chi connectivity index (χ4v) is 3.78. The van der Waals surface area contributed by atoms with Gasteiger partial charge in [-0.15, -0.1) is 5.10 Å². The number of benzene rings is 3. The highest BCUT2D eigenvalue weighted by atomic mass is 19.2. The number of ether oxygens (including phenoxy) is 1. The molecule has 0 aliphatic carbocycles. The number of rotatable bonds is 3. The Hall–Kier alpha value is -3.72. The molecular weight excluding hydrogens is 407 g/mol. The van der Waals surface area contributed by atoms with Crippen molar-refractivity contribution >= 4 is 0 Å². The van der Waals surface area contributed by atoms with Crippen LogP contribution in [0.1, 0.15) is 17.2 Å². The predicted octanol–water partition coefficient (Wildman–Crippen LogP) is 3.75. The molecule has 2 N–H and O–H groups in total. The standard InChI is InChI=1S/C22H16F3N5O/c23-17-10-19(25)18(24)9-16(17)22-20(26)8-14-6-13(4-5-21(14)31-22)12-2-1-3-15(7-12)30-11-27-28-29-30/h1-7,9-11,20,22H,8,26H2. The summed E-state index contributed by atoms with van der Waals surface area (Å²) in [6.07, 6.45) is 0.978. The van der Waals surface area contributed by atoms with E-state index in [4.69, 9.17) is 10.5 Å². The Kier molecular flexibility index (Phi) is 4.67. The van der Waals surface area contributed by atoms with Gasteiger partial charge in [0, 0.05) is 11.6 Å². The van der Waals surface area contributed by atoms with Crippen molar-refractivity contribution in [3.8, 4) is 22.6 Å². The molecule has 0 amide bonds. The zero-order chi connectivity index (χ0) is 21.5. The minimum atomic E-state index is -1.25. The second kappa shape index (κ2) is 7.51. The number of halogens is 3.